The van der Waals surface area contributed by atoms with Crippen LogP contribution >= 0.6 is 0 Å². The van der Waals surface area contributed by atoms with Gasteiger partial charge in [-0.05, 0) is 19.3 Å². The highest BCUT2D eigenvalue weighted by Gasteiger charge is 2.27. The van der Waals surface area contributed by atoms with E-state index in [2.05, 4.69) is 10.6 Å². The minimum absolute atomic E-state index is 0. The summed E-state index contributed by atoms with van der Waals surface area (Å²) in [6.45, 7) is -0.0885. The van der Waals surface area contributed by atoms with E-state index < -0.39 is 11.9 Å². The Kier molecular flexibility index (Phi) is 5.91. The summed E-state index contributed by atoms with van der Waals surface area (Å²) in [6.07, 6.45) is 2.36. The van der Waals surface area contributed by atoms with E-state index in [1.165, 1.54) is 0 Å². The maximum absolute atomic E-state index is 11.5. The number of rotatable bonds is 7. The SMILES string of the molecule is O=C1CCC(NC(=O)CCCCC[N+](=O)[O-])C(=O)N1.[HH].[HH]. The van der Waals surface area contributed by atoms with Crippen LogP contribution in [0.5, 0.6) is 0 Å². The Balaban J connectivity index is 0. The molecule has 1 unspecified atom stereocenters. The number of carbonyl (C=O) groups is 3. The molecule has 0 spiro atoms. The van der Waals surface area contributed by atoms with Crippen LogP contribution in [0.2, 0.25) is 0 Å². The summed E-state index contributed by atoms with van der Waals surface area (Å²) in [5.74, 6) is -1.07. The van der Waals surface area contributed by atoms with E-state index in [4.69, 9.17) is 0 Å². The lowest BCUT2D eigenvalue weighted by molar-refractivity contribution is -0.480. The zero-order valence-electron chi connectivity index (χ0n) is 10.5. The van der Waals surface area contributed by atoms with Crippen LogP contribution in [0, 0.1) is 10.1 Å². The van der Waals surface area contributed by atoms with Gasteiger partial charge in [0.25, 0.3) is 0 Å². The summed E-state index contributed by atoms with van der Waals surface area (Å²) in [4.78, 5) is 43.5. The van der Waals surface area contributed by atoms with Crippen molar-refractivity contribution in [3.63, 3.8) is 0 Å². The summed E-state index contributed by atoms with van der Waals surface area (Å²) in [5, 5.41) is 14.8. The first-order valence-corrected chi connectivity index (χ1v) is 6.24. The topological polar surface area (TPSA) is 118 Å². The average molecular weight is 275 g/mol. The van der Waals surface area contributed by atoms with Crippen LogP contribution in [0.25, 0.3) is 0 Å². The van der Waals surface area contributed by atoms with Crippen molar-refractivity contribution in [3.05, 3.63) is 10.1 Å². The van der Waals surface area contributed by atoms with Gasteiger partial charge in [-0.2, -0.15) is 0 Å². The Labute approximate surface area is 113 Å². The molecule has 8 nitrogen and oxygen atoms in total. The molecule has 1 rings (SSSR count). The minimum Gasteiger partial charge on any atom is -0.344 e. The Hall–Kier alpha value is -1.99. The molecule has 3 amide bonds. The lowest BCUT2D eigenvalue weighted by atomic mass is 10.1. The summed E-state index contributed by atoms with van der Waals surface area (Å²) in [7, 11) is 0. The molecular weight excluding hydrogens is 254 g/mol. The monoisotopic (exact) mass is 275 g/mol. The maximum atomic E-state index is 11.5. The number of imide groups is 1. The highest BCUT2D eigenvalue weighted by atomic mass is 16.6. The molecule has 2 N–H and O–H groups in total. The molecule has 0 radical (unpaired) electrons. The lowest BCUT2D eigenvalue weighted by Crippen LogP contribution is -2.52. The van der Waals surface area contributed by atoms with Crippen molar-refractivity contribution >= 4 is 17.7 Å². The molecule has 0 saturated carbocycles. The van der Waals surface area contributed by atoms with E-state index in [0.717, 1.165) is 0 Å². The minimum atomic E-state index is -0.649. The average Bonchev–Trinajstić information content (AvgIpc) is 2.32. The second-order valence-electron chi connectivity index (χ2n) is 4.44. The summed E-state index contributed by atoms with van der Waals surface area (Å²) in [6, 6.07) is -0.649. The molecule has 1 aliphatic heterocycles. The van der Waals surface area contributed by atoms with Gasteiger partial charge in [0.15, 0.2) is 0 Å². The number of hydrogen-bond donors (Lipinski definition) is 2. The van der Waals surface area contributed by atoms with Gasteiger partial charge < -0.3 is 5.32 Å². The van der Waals surface area contributed by atoms with E-state index in [1.807, 2.05) is 0 Å². The number of hydrogen-bond acceptors (Lipinski definition) is 5. The summed E-state index contributed by atoms with van der Waals surface area (Å²) in [5.41, 5.74) is 0. The lowest BCUT2D eigenvalue weighted by Gasteiger charge is -2.21. The molecule has 1 saturated heterocycles. The fourth-order valence-corrected chi connectivity index (χ4v) is 1.80. The van der Waals surface area contributed by atoms with E-state index in [-0.39, 0.29) is 39.0 Å². The first-order chi connectivity index (χ1) is 8.99. The number of nitro groups is 1. The van der Waals surface area contributed by atoms with Gasteiger partial charge in [-0.1, -0.05) is 0 Å². The van der Waals surface area contributed by atoms with Crippen molar-refractivity contribution in [1.82, 2.24) is 10.6 Å². The van der Waals surface area contributed by atoms with Gasteiger partial charge in [0.1, 0.15) is 6.04 Å². The molecule has 8 heteroatoms. The van der Waals surface area contributed by atoms with Crippen molar-refractivity contribution in [3.8, 4) is 0 Å². The van der Waals surface area contributed by atoms with Crippen molar-refractivity contribution in [2.24, 2.45) is 0 Å². The molecule has 1 heterocycles. The first-order valence-electron chi connectivity index (χ1n) is 6.24. The molecule has 1 atom stereocenters. The number of amides is 3. The van der Waals surface area contributed by atoms with Crippen molar-refractivity contribution < 1.29 is 22.2 Å². The smallest absolute Gasteiger partial charge is 0.249 e. The summed E-state index contributed by atoms with van der Waals surface area (Å²) >= 11 is 0. The molecule has 1 fully saturated rings. The first kappa shape index (κ1) is 15.1. The molecule has 0 bridgehead atoms. The highest BCUT2D eigenvalue weighted by Crippen LogP contribution is 2.06. The molecule has 0 aliphatic carbocycles. The molecule has 1 aliphatic rings. The van der Waals surface area contributed by atoms with Crippen molar-refractivity contribution in [2.45, 2.75) is 44.6 Å². The standard InChI is InChI=1S/C11H17N3O5.2H2/c15-9(4-2-1-3-7-14(18)19)12-8-5-6-10(16)13-11(8)17;;/h8H,1-7H2,(H,12,15)(H,13,16,17);2*1H. The zero-order chi connectivity index (χ0) is 14.3. The van der Waals surface area contributed by atoms with Crippen LogP contribution in [0.3, 0.4) is 0 Å². The van der Waals surface area contributed by atoms with Crippen molar-refractivity contribution in [2.75, 3.05) is 6.54 Å². The van der Waals surface area contributed by atoms with Crippen molar-refractivity contribution in [1.29, 1.82) is 0 Å². The fraction of sp³-hybridized carbons (Fsp3) is 0.727. The van der Waals surface area contributed by atoms with Gasteiger partial charge in [0, 0.05) is 27.0 Å². The van der Waals surface area contributed by atoms with Gasteiger partial charge in [-0.15, -0.1) is 0 Å². The second kappa shape index (κ2) is 7.45. The fourth-order valence-electron chi connectivity index (χ4n) is 1.80. The Morgan fingerprint density at radius 2 is 2.16 bits per heavy atom. The van der Waals surface area contributed by atoms with Gasteiger partial charge in [-0.3, -0.25) is 29.8 Å². The second-order valence-corrected chi connectivity index (χ2v) is 4.44. The maximum Gasteiger partial charge on any atom is 0.249 e. The highest BCUT2D eigenvalue weighted by molar-refractivity contribution is 6.01. The molecular formula is C11H21N3O5. The summed E-state index contributed by atoms with van der Waals surface area (Å²) < 4.78 is 0. The molecule has 0 aromatic carbocycles. The third-order valence-electron chi connectivity index (χ3n) is 2.82. The number of nitrogens with zero attached hydrogens (tertiary/aromatic N) is 1. The van der Waals surface area contributed by atoms with Gasteiger partial charge in [-0.25, -0.2) is 0 Å². The van der Waals surface area contributed by atoms with Gasteiger partial charge in [0.05, 0.1) is 0 Å². The Bertz CT molecular complexity index is 392. The largest absolute Gasteiger partial charge is 0.344 e. The number of unbranched alkanes of at least 4 members (excludes halogenated alkanes) is 2. The number of nitrogens with one attached hydrogen (secondary N) is 2. The van der Waals surface area contributed by atoms with Crippen LogP contribution in [-0.4, -0.2) is 35.2 Å². The molecule has 110 valence electrons. The Morgan fingerprint density at radius 1 is 1.42 bits per heavy atom. The predicted molar refractivity (Wildman–Crippen MR) is 68.9 cm³/mol. The van der Waals surface area contributed by atoms with Crippen LogP contribution in [0.1, 0.15) is 41.4 Å². The third kappa shape index (κ3) is 5.94. The van der Waals surface area contributed by atoms with E-state index >= 15 is 0 Å². The van der Waals surface area contributed by atoms with Crippen LogP contribution in [0.15, 0.2) is 0 Å². The third-order valence-corrected chi connectivity index (χ3v) is 2.82. The van der Waals surface area contributed by atoms with E-state index in [9.17, 15) is 24.5 Å². The molecule has 19 heavy (non-hydrogen) atoms. The Morgan fingerprint density at radius 3 is 2.79 bits per heavy atom. The predicted octanol–water partition coefficient (Wildman–Crippen LogP) is 0.237. The molecule has 0 aromatic rings. The van der Waals surface area contributed by atoms with Gasteiger partial charge in [0.2, 0.25) is 24.3 Å². The van der Waals surface area contributed by atoms with Gasteiger partial charge >= 0.3 is 0 Å². The quantitative estimate of drug-likeness (QED) is 0.298. The van der Waals surface area contributed by atoms with E-state index in [0.29, 0.717) is 25.7 Å². The zero-order valence-corrected chi connectivity index (χ0v) is 10.5. The number of carbonyl (C=O) groups excluding carboxylic acids is 3. The normalized spacial score (nSPS) is 18.8. The number of piperidine rings is 1. The van der Waals surface area contributed by atoms with E-state index in [1.54, 1.807) is 0 Å². The van der Waals surface area contributed by atoms with Crippen LogP contribution < -0.4 is 10.6 Å². The van der Waals surface area contributed by atoms with Crippen LogP contribution in [-0.2, 0) is 14.4 Å². The molecule has 0 aromatic heterocycles. The van der Waals surface area contributed by atoms with Crippen LogP contribution in [0.4, 0.5) is 0 Å².